The molecule has 1 saturated carbocycles. The molecule has 1 fully saturated rings. The van der Waals surface area contributed by atoms with Crippen LogP contribution in [0, 0.1) is 0 Å². The highest BCUT2D eigenvalue weighted by molar-refractivity contribution is 7.10. The molecule has 1 amide bonds. The lowest BCUT2D eigenvalue weighted by atomic mass is 10.1. The van der Waals surface area contributed by atoms with E-state index in [0.717, 1.165) is 23.4 Å². The van der Waals surface area contributed by atoms with Crippen molar-refractivity contribution in [3.05, 3.63) is 39.8 Å². The number of aliphatic hydroxyl groups excluding tert-OH is 1. The first kappa shape index (κ1) is 17.2. The van der Waals surface area contributed by atoms with Crippen LogP contribution < -0.4 is 5.32 Å². The summed E-state index contributed by atoms with van der Waals surface area (Å²) in [5, 5.41) is 19.6. The fraction of sp³-hybridized carbons (Fsp3) is 0.556. The summed E-state index contributed by atoms with van der Waals surface area (Å²) in [4.78, 5) is 13.6. The van der Waals surface area contributed by atoms with Gasteiger partial charge in [-0.05, 0) is 51.5 Å². The van der Waals surface area contributed by atoms with Crippen LogP contribution in [0.1, 0.15) is 79.0 Å². The summed E-state index contributed by atoms with van der Waals surface area (Å²) in [5.41, 5.74) is 1.75. The fourth-order valence-corrected chi connectivity index (χ4v) is 3.74. The van der Waals surface area contributed by atoms with Gasteiger partial charge in [0.25, 0.3) is 5.91 Å². The van der Waals surface area contributed by atoms with E-state index in [1.807, 2.05) is 29.1 Å². The molecular formula is C18H25N3O2S. The third-order valence-corrected chi connectivity index (χ3v) is 5.33. The van der Waals surface area contributed by atoms with Crippen LogP contribution in [0.2, 0.25) is 0 Å². The maximum Gasteiger partial charge on any atom is 0.254 e. The number of thiophene rings is 1. The van der Waals surface area contributed by atoms with Crippen molar-refractivity contribution < 1.29 is 9.90 Å². The zero-order valence-corrected chi connectivity index (χ0v) is 15.2. The molecule has 2 atom stereocenters. The summed E-state index contributed by atoms with van der Waals surface area (Å²) in [6.07, 6.45) is 3.91. The van der Waals surface area contributed by atoms with Gasteiger partial charge >= 0.3 is 0 Å². The average Bonchev–Trinajstić information content (AvgIpc) is 3.04. The number of hydrogen-bond donors (Lipinski definition) is 2. The Balaban J connectivity index is 1.66. The molecule has 2 aromatic heterocycles. The minimum atomic E-state index is -0.540. The maximum atomic E-state index is 12.7. The van der Waals surface area contributed by atoms with E-state index >= 15 is 0 Å². The monoisotopic (exact) mass is 347 g/mol. The topological polar surface area (TPSA) is 67.2 Å². The van der Waals surface area contributed by atoms with E-state index in [4.69, 9.17) is 0 Å². The number of aromatic nitrogens is 2. The summed E-state index contributed by atoms with van der Waals surface area (Å²) in [6.45, 7) is 6.10. The Morgan fingerprint density at radius 1 is 1.46 bits per heavy atom. The molecule has 2 unspecified atom stereocenters. The molecule has 0 aromatic carbocycles. The van der Waals surface area contributed by atoms with Crippen LogP contribution in [0.3, 0.4) is 0 Å². The quantitative estimate of drug-likeness (QED) is 0.803. The second-order valence-corrected chi connectivity index (χ2v) is 7.88. The molecule has 2 N–H and O–H groups in total. The van der Waals surface area contributed by atoms with Crippen molar-refractivity contribution in [3.63, 3.8) is 0 Å². The summed E-state index contributed by atoms with van der Waals surface area (Å²) in [7, 11) is 0. The first-order valence-corrected chi connectivity index (χ1v) is 9.45. The van der Waals surface area contributed by atoms with E-state index < -0.39 is 6.10 Å². The largest absolute Gasteiger partial charge is 0.387 e. The molecular weight excluding hydrogens is 322 g/mol. The van der Waals surface area contributed by atoms with Crippen LogP contribution in [0.25, 0.3) is 0 Å². The molecule has 1 aliphatic carbocycles. The summed E-state index contributed by atoms with van der Waals surface area (Å²) < 4.78 is 1.97. The van der Waals surface area contributed by atoms with Crippen LogP contribution >= 0.6 is 11.3 Å². The van der Waals surface area contributed by atoms with Gasteiger partial charge in [0.15, 0.2) is 0 Å². The Labute approximate surface area is 146 Å². The molecule has 24 heavy (non-hydrogen) atoms. The number of hydrogen-bond acceptors (Lipinski definition) is 4. The Morgan fingerprint density at radius 2 is 2.21 bits per heavy atom. The summed E-state index contributed by atoms with van der Waals surface area (Å²) in [6, 6.07) is 3.99. The van der Waals surface area contributed by atoms with Gasteiger partial charge in [-0.3, -0.25) is 9.48 Å². The minimum absolute atomic E-state index is 0.0883. The van der Waals surface area contributed by atoms with E-state index in [0.29, 0.717) is 17.9 Å². The number of carbonyl (C=O) groups is 1. The van der Waals surface area contributed by atoms with Gasteiger partial charge in [0.2, 0.25) is 0 Å². The fourth-order valence-electron chi connectivity index (χ4n) is 3.01. The van der Waals surface area contributed by atoms with Crippen LogP contribution in [-0.4, -0.2) is 26.8 Å². The molecule has 1 aliphatic rings. The lowest BCUT2D eigenvalue weighted by molar-refractivity contribution is 0.0917. The van der Waals surface area contributed by atoms with Gasteiger partial charge in [0.1, 0.15) is 0 Å². The number of nitrogens with one attached hydrogen (secondary N) is 1. The van der Waals surface area contributed by atoms with Gasteiger partial charge < -0.3 is 10.4 Å². The van der Waals surface area contributed by atoms with E-state index in [-0.39, 0.29) is 18.0 Å². The highest BCUT2D eigenvalue weighted by atomic mass is 32.1. The van der Waals surface area contributed by atoms with Crippen LogP contribution in [0.5, 0.6) is 0 Å². The highest BCUT2D eigenvalue weighted by Gasteiger charge is 2.33. The summed E-state index contributed by atoms with van der Waals surface area (Å²) in [5.74, 6) is 0.373. The smallest absolute Gasteiger partial charge is 0.254 e. The van der Waals surface area contributed by atoms with Crippen LogP contribution in [0.4, 0.5) is 0 Å². The lowest BCUT2D eigenvalue weighted by Gasteiger charge is -2.18. The SMILES string of the molecule is CC(CC(O)c1cccs1)NC(=O)c1cnn(C(C)C)c1C1CC1. The number of aliphatic hydroxyl groups is 1. The molecule has 0 aliphatic heterocycles. The number of amides is 1. The molecule has 2 aromatic rings. The van der Waals surface area contributed by atoms with Gasteiger partial charge in [0, 0.05) is 22.9 Å². The maximum absolute atomic E-state index is 12.7. The standard InChI is InChI=1S/C18H25N3O2S/c1-11(2)21-17(13-6-7-13)14(10-19-21)18(23)20-12(3)9-15(22)16-5-4-8-24-16/h4-5,8,10-13,15,22H,6-7,9H2,1-3H3,(H,20,23). The Bertz CT molecular complexity index is 689. The minimum Gasteiger partial charge on any atom is -0.387 e. The number of nitrogens with zero attached hydrogens (tertiary/aromatic N) is 2. The second kappa shape index (κ2) is 7.07. The van der Waals surface area contributed by atoms with E-state index in [1.54, 1.807) is 6.20 Å². The zero-order chi connectivity index (χ0) is 17.3. The van der Waals surface area contributed by atoms with Gasteiger partial charge in [0.05, 0.1) is 23.6 Å². The third-order valence-electron chi connectivity index (χ3n) is 4.36. The molecule has 0 radical (unpaired) electrons. The third kappa shape index (κ3) is 3.70. The molecule has 130 valence electrons. The predicted molar refractivity (Wildman–Crippen MR) is 95.4 cm³/mol. The highest BCUT2D eigenvalue weighted by Crippen LogP contribution is 2.42. The van der Waals surface area contributed by atoms with Crippen molar-refractivity contribution in [2.75, 3.05) is 0 Å². The van der Waals surface area contributed by atoms with E-state index in [9.17, 15) is 9.90 Å². The molecule has 0 bridgehead atoms. The van der Waals surface area contributed by atoms with Crippen LogP contribution in [-0.2, 0) is 0 Å². The molecule has 2 heterocycles. The van der Waals surface area contributed by atoms with Gasteiger partial charge in [-0.25, -0.2) is 0 Å². The van der Waals surface area contributed by atoms with Crippen molar-refractivity contribution in [1.29, 1.82) is 0 Å². The normalized spacial score (nSPS) is 17.0. The first-order valence-electron chi connectivity index (χ1n) is 8.57. The van der Waals surface area contributed by atoms with Crippen molar-refractivity contribution in [2.45, 2.75) is 64.1 Å². The Hall–Kier alpha value is -1.66. The van der Waals surface area contributed by atoms with Gasteiger partial charge in [-0.15, -0.1) is 11.3 Å². The Morgan fingerprint density at radius 3 is 2.79 bits per heavy atom. The molecule has 5 nitrogen and oxygen atoms in total. The molecule has 0 spiro atoms. The number of carbonyl (C=O) groups excluding carboxylic acids is 1. The average molecular weight is 347 g/mol. The zero-order valence-electron chi connectivity index (χ0n) is 14.4. The van der Waals surface area contributed by atoms with E-state index in [1.165, 1.54) is 11.3 Å². The molecule has 6 heteroatoms. The molecule has 3 rings (SSSR count). The van der Waals surface area contributed by atoms with Crippen LogP contribution in [0.15, 0.2) is 23.7 Å². The first-order chi connectivity index (χ1) is 11.5. The Kier molecular flexibility index (Phi) is 5.06. The summed E-state index contributed by atoms with van der Waals surface area (Å²) >= 11 is 1.53. The van der Waals surface area contributed by atoms with Crippen molar-refractivity contribution >= 4 is 17.2 Å². The predicted octanol–water partition coefficient (Wildman–Crippen LogP) is 3.64. The number of rotatable bonds is 7. The van der Waals surface area contributed by atoms with E-state index in [2.05, 4.69) is 24.3 Å². The van der Waals surface area contributed by atoms with Gasteiger partial charge in [-0.1, -0.05) is 6.07 Å². The second-order valence-electron chi connectivity index (χ2n) is 6.90. The lowest BCUT2D eigenvalue weighted by Crippen LogP contribution is -2.34. The van der Waals surface area contributed by atoms with Crippen molar-refractivity contribution in [1.82, 2.24) is 15.1 Å². The van der Waals surface area contributed by atoms with Gasteiger partial charge in [-0.2, -0.15) is 5.10 Å². The van der Waals surface area contributed by atoms with Crippen molar-refractivity contribution in [3.8, 4) is 0 Å². The molecule has 0 saturated heterocycles. The van der Waals surface area contributed by atoms with Crippen molar-refractivity contribution in [2.24, 2.45) is 0 Å².